The van der Waals surface area contributed by atoms with Gasteiger partial charge in [0.05, 0.1) is 0 Å². The molecule has 2 aromatic rings. The standard InChI is InChI=1S/C21H23N3O3/c25-18(11-9-15-8-10-16-6-2-3-7-17(16)14-15)23-24-19(26)21(22-20(24)27)12-4-1-5-13-21/h2-3,6-8,10,14H,1,4-5,9,11-13H2,(H,22,27)(H,23,25). The second-order valence-electron chi connectivity index (χ2n) is 7.43. The molecule has 1 heterocycles. The van der Waals surface area contributed by atoms with E-state index in [1.165, 1.54) is 0 Å². The molecule has 4 amide bonds. The van der Waals surface area contributed by atoms with Gasteiger partial charge in [-0.3, -0.25) is 15.0 Å². The Balaban J connectivity index is 1.37. The number of carbonyl (C=O) groups is 3. The maximum atomic E-state index is 12.7. The van der Waals surface area contributed by atoms with Gasteiger partial charge >= 0.3 is 6.03 Å². The number of rotatable bonds is 4. The molecule has 0 atom stereocenters. The Morgan fingerprint density at radius 3 is 2.56 bits per heavy atom. The third kappa shape index (κ3) is 3.39. The highest BCUT2D eigenvalue weighted by Gasteiger charge is 2.52. The van der Waals surface area contributed by atoms with Crippen molar-refractivity contribution < 1.29 is 14.4 Å². The number of nitrogens with zero attached hydrogens (tertiary/aromatic N) is 1. The molecular weight excluding hydrogens is 342 g/mol. The Kier molecular flexibility index (Phi) is 4.56. The fraction of sp³-hybridized carbons (Fsp3) is 0.381. The number of carbonyl (C=O) groups excluding carboxylic acids is 3. The summed E-state index contributed by atoms with van der Waals surface area (Å²) < 4.78 is 0. The summed E-state index contributed by atoms with van der Waals surface area (Å²) in [7, 11) is 0. The molecule has 1 spiro atoms. The zero-order valence-corrected chi connectivity index (χ0v) is 15.2. The molecule has 2 aromatic carbocycles. The average Bonchev–Trinajstić information content (AvgIpc) is 2.90. The minimum absolute atomic E-state index is 0.211. The van der Waals surface area contributed by atoms with E-state index >= 15 is 0 Å². The van der Waals surface area contributed by atoms with Gasteiger partial charge in [0.2, 0.25) is 5.91 Å². The van der Waals surface area contributed by atoms with Gasteiger partial charge in [-0.25, -0.2) is 4.79 Å². The molecule has 2 N–H and O–H groups in total. The second kappa shape index (κ2) is 7.02. The van der Waals surface area contributed by atoms with Crippen molar-refractivity contribution in [3.63, 3.8) is 0 Å². The van der Waals surface area contributed by atoms with Crippen LogP contribution in [0.5, 0.6) is 0 Å². The van der Waals surface area contributed by atoms with Gasteiger partial charge in [0.1, 0.15) is 5.54 Å². The average molecular weight is 365 g/mol. The fourth-order valence-corrected chi connectivity index (χ4v) is 4.05. The Bertz CT molecular complexity index is 902. The number of amides is 4. The molecule has 1 saturated carbocycles. The monoisotopic (exact) mass is 365 g/mol. The number of hydrazine groups is 1. The SMILES string of the molecule is O=C(CCc1ccc2ccccc2c1)NN1C(=O)NC2(CCCCC2)C1=O. The molecule has 2 fully saturated rings. The van der Waals surface area contributed by atoms with E-state index in [0.29, 0.717) is 19.3 Å². The first kappa shape index (κ1) is 17.5. The summed E-state index contributed by atoms with van der Waals surface area (Å²) in [6, 6.07) is 13.6. The van der Waals surface area contributed by atoms with Crippen molar-refractivity contribution in [2.45, 2.75) is 50.5 Å². The lowest BCUT2D eigenvalue weighted by atomic mass is 9.82. The maximum Gasteiger partial charge on any atom is 0.344 e. The van der Waals surface area contributed by atoms with Crippen molar-refractivity contribution in [1.29, 1.82) is 0 Å². The minimum atomic E-state index is -0.818. The Labute approximate surface area is 157 Å². The van der Waals surface area contributed by atoms with Gasteiger partial charge in [-0.15, -0.1) is 0 Å². The molecule has 6 nitrogen and oxygen atoms in total. The molecule has 0 radical (unpaired) electrons. The van der Waals surface area contributed by atoms with E-state index in [9.17, 15) is 14.4 Å². The summed E-state index contributed by atoms with van der Waals surface area (Å²) in [5.74, 6) is -0.661. The first-order valence-corrected chi connectivity index (χ1v) is 9.51. The predicted molar refractivity (Wildman–Crippen MR) is 102 cm³/mol. The van der Waals surface area contributed by atoms with Gasteiger partial charge in [-0.05, 0) is 35.6 Å². The summed E-state index contributed by atoms with van der Waals surface area (Å²) in [5.41, 5.74) is 2.72. The van der Waals surface area contributed by atoms with Crippen LogP contribution in [-0.2, 0) is 16.0 Å². The number of aryl methyl sites for hydroxylation is 1. The molecule has 0 bridgehead atoms. The number of benzene rings is 2. The van der Waals surface area contributed by atoms with Crippen molar-refractivity contribution in [3.8, 4) is 0 Å². The summed E-state index contributed by atoms with van der Waals surface area (Å²) in [6.45, 7) is 0. The first-order chi connectivity index (χ1) is 13.1. The van der Waals surface area contributed by atoms with Crippen LogP contribution in [0.4, 0.5) is 4.79 Å². The van der Waals surface area contributed by atoms with Crippen LogP contribution in [-0.4, -0.2) is 28.4 Å². The third-order valence-electron chi connectivity index (χ3n) is 5.56. The van der Waals surface area contributed by atoms with E-state index in [0.717, 1.165) is 40.6 Å². The first-order valence-electron chi connectivity index (χ1n) is 9.51. The summed E-state index contributed by atoms with van der Waals surface area (Å²) in [5, 5.41) is 5.94. The van der Waals surface area contributed by atoms with Gasteiger partial charge in [-0.1, -0.05) is 61.7 Å². The second-order valence-corrected chi connectivity index (χ2v) is 7.43. The predicted octanol–water partition coefficient (Wildman–Crippen LogP) is 3.06. The number of imide groups is 1. The molecular formula is C21H23N3O3. The van der Waals surface area contributed by atoms with E-state index in [1.54, 1.807) is 0 Å². The van der Waals surface area contributed by atoms with Crippen molar-refractivity contribution in [3.05, 3.63) is 48.0 Å². The number of hydrogen-bond donors (Lipinski definition) is 2. The zero-order valence-electron chi connectivity index (χ0n) is 15.2. The molecule has 1 saturated heterocycles. The molecule has 1 aliphatic carbocycles. The van der Waals surface area contributed by atoms with Crippen molar-refractivity contribution >= 4 is 28.6 Å². The van der Waals surface area contributed by atoms with Crippen molar-refractivity contribution in [1.82, 2.24) is 15.8 Å². The third-order valence-corrected chi connectivity index (χ3v) is 5.56. The number of hydrogen-bond acceptors (Lipinski definition) is 3. The Hall–Kier alpha value is -2.89. The maximum absolute atomic E-state index is 12.7. The summed E-state index contributed by atoms with van der Waals surface area (Å²) in [4.78, 5) is 37.2. The molecule has 27 heavy (non-hydrogen) atoms. The lowest BCUT2D eigenvalue weighted by Gasteiger charge is -2.30. The van der Waals surface area contributed by atoms with Crippen LogP contribution in [0.2, 0.25) is 0 Å². The fourth-order valence-electron chi connectivity index (χ4n) is 4.05. The highest BCUT2D eigenvalue weighted by atomic mass is 16.2. The van der Waals surface area contributed by atoms with Gasteiger partial charge in [0, 0.05) is 6.42 Å². The highest BCUT2D eigenvalue weighted by molar-refractivity contribution is 6.08. The molecule has 6 heteroatoms. The smallest absolute Gasteiger partial charge is 0.322 e. The molecule has 1 aliphatic heterocycles. The zero-order chi connectivity index (χ0) is 18.9. The Morgan fingerprint density at radius 2 is 1.78 bits per heavy atom. The lowest BCUT2D eigenvalue weighted by Crippen LogP contribution is -2.51. The molecule has 0 aromatic heterocycles. The van der Waals surface area contributed by atoms with Crippen LogP contribution < -0.4 is 10.7 Å². The topological polar surface area (TPSA) is 78.5 Å². The summed E-state index contributed by atoms with van der Waals surface area (Å²) >= 11 is 0. The van der Waals surface area contributed by atoms with Crippen LogP contribution in [0.1, 0.15) is 44.1 Å². The van der Waals surface area contributed by atoms with Gasteiger partial charge in [0.15, 0.2) is 0 Å². The van der Waals surface area contributed by atoms with E-state index in [4.69, 9.17) is 0 Å². The van der Waals surface area contributed by atoms with Crippen LogP contribution in [0, 0.1) is 0 Å². The van der Waals surface area contributed by atoms with E-state index < -0.39 is 11.6 Å². The largest absolute Gasteiger partial charge is 0.344 e. The van der Waals surface area contributed by atoms with E-state index in [2.05, 4.69) is 16.8 Å². The minimum Gasteiger partial charge on any atom is -0.322 e. The number of fused-ring (bicyclic) bond motifs is 1. The highest BCUT2D eigenvalue weighted by Crippen LogP contribution is 2.33. The lowest BCUT2D eigenvalue weighted by molar-refractivity contribution is -0.139. The number of urea groups is 1. The van der Waals surface area contributed by atoms with E-state index in [1.807, 2.05) is 36.4 Å². The van der Waals surface area contributed by atoms with E-state index in [-0.39, 0.29) is 18.2 Å². The Morgan fingerprint density at radius 1 is 1.04 bits per heavy atom. The van der Waals surface area contributed by atoms with Crippen molar-refractivity contribution in [2.75, 3.05) is 0 Å². The van der Waals surface area contributed by atoms with Crippen molar-refractivity contribution in [2.24, 2.45) is 0 Å². The normalized spacial score (nSPS) is 18.7. The molecule has 140 valence electrons. The quantitative estimate of drug-likeness (QED) is 0.818. The van der Waals surface area contributed by atoms with Crippen LogP contribution in [0.3, 0.4) is 0 Å². The van der Waals surface area contributed by atoms with Gasteiger partial charge in [-0.2, -0.15) is 5.01 Å². The van der Waals surface area contributed by atoms with Crippen LogP contribution in [0.15, 0.2) is 42.5 Å². The molecule has 4 rings (SSSR count). The molecule has 2 aliphatic rings. The summed E-state index contributed by atoms with van der Waals surface area (Å²) in [6.07, 6.45) is 4.94. The van der Waals surface area contributed by atoms with Crippen LogP contribution >= 0.6 is 0 Å². The number of nitrogens with one attached hydrogen (secondary N) is 2. The van der Waals surface area contributed by atoms with Gasteiger partial charge < -0.3 is 5.32 Å². The van der Waals surface area contributed by atoms with Gasteiger partial charge in [0.25, 0.3) is 5.91 Å². The molecule has 0 unspecified atom stereocenters. The van der Waals surface area contributed by atoms with Crippen LogP contribution in [0.25, 0.3) is 10.8 Å².